The molecule has 0 nitrogen and oxygen atoms in total. The smallest absolute Gasteiger partial charge is 0.134 e. The Balaban J connectivity index is 1.56. The Morgan fingerprint density at radius 2 is 1.48 bits per heavy atom. The molecule has 1 unspecified atom stereocenters. The van der Waals surface area contributed by atoms with Crippen LogP contribution in [0, 0.1) is 29.4 Å². The highest BCUT2D eigenvalue weighted by Crippen LogP contribution is 2.48. The third-order valence-electron chi connectivity index (χ3n) is 7.06. The molecule has 27 heavy (non-hydrogen) atoms. The molecule has 0 heterocycles. The maximum Gasteiger partial charge on any atom is 0.134 e. The van der Waals surface area contributed by atoms with E-state index in [2.05, 4.69) is 13.8 Å². The monoisotopic (exact) mass is 368 g/mol. The predicted molar refractivity (Wildman–Crippen MR) is 108 cm³/mol. The van der Waals surface area contributed by atoms with Crippen LogP contribution in [-0.2, 0) is 6.42 Å². The van der Waals surface area contributed by atoms with E-state index in [4.69, 9.17) is 0 Å². The summed E-state index contributed by atoms with van der Waals surface area (Å²) in [6, 6.07) is 10.8. The van der Waals surface area contributed by atoms with Crippen molar-refractivity contribution in [3.05, 3.63) is 59.2 Å². The van der Waals surface area contributed by atoms with Gasteiger partial charge in [0, 0.05) is 0 Å². The van der Waals surface area contributed by atoms with Crippen molar-refractivity contribution in [3.63, 3.8) is 0 Å². The molecule has 2 aromatic rings. The number of rotatable bonds is 3. The fourth-order valence-electron chi connectivity index (χ4n) is 5.44. The molecule has 0 amide bonds. The summed E-state index contributed by atoms with van der Waals surface area (Å²) >= 11 is 0. The first-order chi connectivity index (χ1) is 13.0. The van der Waals surface area contributed by atoms with Gasteiger partial charge >= 0.3 is 0 Å². The van der Waals surface area contributed by atoms with Crippen LogP contribution < -0.4 is 0 Å². The fraction of sp³-hybridized carbons (Fsp3) is 0.520. The van der Waals surface area contributed by atoms with Gasteiger partial charge in [-0.05, 0) is 91.0 Å². The van der Waals surface area contributed by atoms with Crippen molar-refractivity contribution in [1.29, 1.82) is 0 Å². The van der Waals surface area contributed by atoms with Crippen LogP contribution in [0.15, 0.2) is 36.4 Å². The van der Waals surface area contributed by atoms with Crippen molar-refractivity contribution in [3.8, 4) is 11.1 Å². The van der Waals surface area contributed by atoms with Crippen molar-refractivity contribution in [2.75, 3.05) is 0 Å². The van der Waals surface area contributed by atoms with Crippen molar-refractivity contribution < 1.29 is 8.78 Å². The molecule has 4 rings (SSSR count). The molecule has 2 heteroatoms. The van der Waals surface area contributed by atoms with Crippen molar-refractivity contribution >= 4 is 0 Å². The van der Waals surface area contributed by atoms with Gasteiger partial charge in [0.25, 0.3) is 0 Å². The molecule has 2 aliphatic rings. The third kappa shape index (κ3) is 3.81. The minimum absolute atomic E-state index is 0.113. The summed E-state index contributed by atoms with van der Waals surface area (Å²) in [4.78, 5) is 0. The number of hydrogen-bond acceptors (Lipinski definition) is 0. The summed E-state index contributed by atoms with van der Waals surface area (Å²) in [5.41, 5.74) is 2.77. The molecule has 0 saturated heterocycles. The standard InChI is InChI=1S/C25H30F2/c1-3-17-5-8-18(9-6-17)25-23(26)14-22(15-24(25)27)21-11-10-19-12-16(2)4-7-20(19)13-21/h5-6,8-9,14-16,19-21H,3-4,7,10-13H2,1-2H3/t16?,19-,20-,21-/m1/s1. The second-order valence-corrected chi connectivity index (χ2v) is 8.86. The quantitative estimate of drug-likeness (QED) is 0.526. The maximum atomic E-state index is 14.9. The highest BCUT2D eigenvalue weighted by molar-refractivity contribution is 5.65. The fourth-order valence-corrected chi connectivity index (χ4v) is 5.44. The summed E-state index contributed by atoms with van der Waals surface area (Å²) < 4.78 is 29.8. The molecule has 2 aromatic carbocycles. The molecule has 0 spiro atoms. The molecule has 2 aliphatic carbocycles. The molecule has 144 valence electrons. The molecule has 0 aliphatic heterocycles. The third-order valence-corrected chi connectivity index (χ3v) is 7.06. The van der Waals surface area contributed by atoms with Crippen molar-refractivity contribution in [1.82, 2.24) is 0 Å². The van der Waals surface area contributed by atoms with Gasteiger partial charge in [0.15, 0.2) is 0 Å². The molecule has 0 bridgehead atoms. The zero-order valence-electron chi connectivity index (χ0n) is 16.5. The molecule has 0 radical (unpaired) electrons. The van der Waals surface area contributed by atoms with E-state index in [1.807, 2.05) is 24.3 Å². The van der Waals surface area contributed by atoms with Gasteiger partial charge in [-0.2, -0.15) is 0 Å². The summed E-state index contributed by atoms with van der Waals surface area (Å²) in [6.07, 6.45) is 8.24. The Morgan fingerprint density at radius 1 is 0.852 bits per heavy atom. The van der Waals surface area contributed by atoms with Gasteiger partial charge in [0.1, 0.15) is 11.6 Å². The molecule has 2 saturated carbocycles. The van der Waals surface area contributed by atoms with Crippen molar-refractivity contribution in [2.45, 2.75) is 64.7 Å². The summed E-state index contributed by atoms with van der Waals surface area (Å²) in [6.45, 7) is 4.44. The lowest BCUT2D eigenvalue weighted by atomic mass is 9.64. The van der Waals surface area contributed by atoms with Gasteiger partial charge in [-0.25, -0.2) is 8.78 Å². The van der Waals surface area contributed by atoms with Gasteiger partial charge < -0.3 is 0 Å². The first-order valence-electron chi connectivity index (χ1n) is 10.6. The van der Waals surface area contributed by atoms with E-state index >= 15 is 0 Å². The summed E-state index contributed by atoms with van der Waals surface area (Å²) in [5.74, 6) is 1.88. The van der Waals surface area contributed by atoms with E-state index in [0.717, 1.165) is 42.6 Å². The number of aryl methyl sites for hydroxylation is 1. The minimum Gasteiger partial charge on any atom is -0.206 e. The van der Waals surface area contributed by atoms with E-state index in [0.29, 0.717) is 11.5 Å². The average molecular weight is 369 g/mol. The Kier molecular flexibility index (Phi) is 5.34. The Bertz CT molecular complexity index is 769. The number of fused-ring (bicyclic) bond motifs is 1. The Labute approximate surface area is 162 Å². The van der Waals surface area contributed by atoms with E-state index < -0.39 is 11.6 Å². The van der Waals surface area contributed by atoms with Gasteiger partial charge in [0.05, 0.1) is 5.56 Å². The SMILES string of the molecule is CCc1ccc(-c2c(F)cc([C@@H]3CC[C@@H]4CC(C)CC[C@@H]4C3)cc2F)cc1. The second-order valence-electron chi connectivity index (χ2n) is 8.86. The Morgan fingerprint density at radius 3 is 2.15 bits per heavy atom. The number of benzene rings is 2. The van der Waals surface area contributed by atoms with Crippen LogP contribution in [0.25, 0.3) is 11.1 Å². The molecular weight excluding hydrogens is 338 g/mol. The van der Waals surface area contributed by atoms with E-state index in [1.165, 1.54) is 31.2 Å². The summed E-state index contributed by atoms with van der Waals surface area (Å²) in [7, 11) is 0. The van der Waals surface area contributed by atoms with Crippen LogP contribution in [0.5, 0.6) is 0 Å². The number of halogens is 2. The topological polar surface area (TPSA) is 0 Å². The van der Waals surface area contributed by atoms with E-state index in [1.54, 1.807) is 12.1 Å². The normalized spacial score (nSPS) is 28.0. The lowest BCUT2D eigenvalue weighted by Crippen LogP contribution is -2.29. The van der Waals surface area contributed by atoms with Crippen LogP contribution in [0.1, 0.15) is 69.4 Å². The average Bonchev–Trinajstić information content (AvgIpc) is 2.67. The van der Waals surface area contributed by atoms with Crippen LogP contribution in [0.4, 0.5) is 8.78 Å². The predicted octanol–water partition coefficient (Wildman–Crippen LogP) is 7.51. The second kappa shape index (κ2) is 7.73. The highest BCUT2D eigenvalue weighted by Gasteiger charge is 2.35. The van der Waals surface area contributed by atoms with E-state index in [-0.39, 0.29) is 5.56 Å². The molecule has 0 aromatic heterocycles. The minimum atomic E-state index is -0.423. The molecule has 4 atom stereocenters. The largest absolute Gasteiger partial charge is 0.206 e. The Hall–Kier alpha value is -1.70. The van der Waals surface area contributed by atoms with Crippen molar-refractivity contribution in [2.24, 2.45) is 17.8 Å². The highest BCUT2D eigenvalue weighted by atomic mass is 19.1. The molecular formula is C25H30F2. The van der Waals surface area contributed by atoms with Gasteiger partial charge in [0.2, 0.25) is 0 Å². The lowest BCUT2D eigenvalue weighted by Gasteiger charge is -2.41. The number of hydrogen-bond donors (Lipinski definition) is 0. The first-order valence-corrected chi connectivity index (χ1v) is 10.6. The summed E-state index contributed by atoms with van der Waals surface area (Å²) in [5, 5.41) is 0. The zero-order valence-corrected chi connectivity index (χ0v) is 16.5. The van der Waals surface area contributed by atoms with Crippen LogP contribution in [0.2, 0.25) is 0 Å². The van der Waals surface area contributed by atoms with E-state index in [9.17, 15) is 8.78 Å². The van der Waals surface area contributed by atoms with Gasteiger partial charge in [-0.1, -0.05) is 44.5 Å². The lowest BCUT2D eigenvalue weighted by molar-refractivity contribution is 0.124. The zero-order chi connectivity index (χ0) is 19.0. The molecule has 0 N–H and O–H groups in total. The maximum absolute atomic E-state index is 14.9. The van der Waals surface area contributed by atoms with Crippen LogP contribution in [0.3, 0.4) is 0 Å². The van der Waals surface area contributed by atoms with Gasteiger partial charge in [-0.3, -0.25) is 0 Å². The van der Waals surface area contributed by atoms with Gasteiger partial charge in [-0.15, -0.1) is 0 Å². The van der Waals surface area contributed by atoms with Crippen LogP contribution in [-0.4, -0.2) is 0 Å². The molecule has 2 fully saturated rings. The first kappa shape index (κ1) is 18.7. The van der Waals surface area contributed by atoms with Crippen LogP contribution >= 0.6 is 0 Å².